The Kier molecular flexibility index (Phi) is 6.12. The molecule has 2 N–H and O–H groups in total. The number of aromatic nitrogens is 2. The first-order chi connectivity index (χ1) is 17.1. The first-order valence-corrected chi connectivity index (χ1v) is 12.8. The summed E-state index contributed by atoms with van der Waals surface area (Å²) in [4.78, 5) is 24.3. The molecule has 2 saturated carbocycles. The number of rotatable bonds is 6. The fraction of sp³-hybridized carbons (Fsp3) is 0.556. The van der Waals surface area contributed by atoms with Gasteiger partial charge in [0.25, 0.3) is 5.91 Å². The number of piperidine rings is 1. The van der Waals surface area contributed by atoms with Crippen molar-refractivity contribution in [1.82, 2.24) is 15.3 Å². The number of carbonyl (C=O) groups is 1. The number of hydrogen-bond donors (Lipinski definition) is 2. The summed E-state index contributed by atoms with van der Waals surface area (Å²) in [6, 6.07) is 7.34. The van der Waals surface area contributed by atoms with Gasteiger partial charge in [-0.1, -0.05) is 39.3 Å². The van der Waals surface area contributed by atoms with Crippen LogP contribution in [0.25, 0.3) is 0 Å². The van der Waals surface area contributed by atoms with E-state index in [9.17, 15) is 9.90 Å². The molecule has 1 aromatic carbocycles. The number of fused-ring (bicyclic) bond motifs is 2. The van der Waals surface area contributed by atoms with Crippen molar-refractivity contribution in [2.75, 3.05) is 18.1 Å². The van der Waals surface area contributed by atoms with Crippen LogP contribution in [0.2, 0.25) is 5.02 Å². The molecule has 0 spiro atoms. The van der Waals surface area contributed by atoms with Crippen LogP contribution in [0.15, 0.2) is 30.6 Å². The summed E-state index contributed by atoms with van der Waals surface area (Å²) in [5.74, 6) is 1.90. The van der Waals surface area contributed by atoms with Crippen LogP contribution in [0.1, 0.15) is 56.5 Å². The molecule has 1 saturated heterocycles. The lowest BCUT2D eigenvalue weighted by atomic mass is 9.49. The smallest absolute Gasteiger partial charge is 0.254 e. The molecule has 36 heavy (non-hydrogen) atoms. The van der Waals surface area contributed by atoms with E-state index >= 15 is 0 Å². The molecule has 190 valence electrons. The van der Waals surface area contributed by atoms with Crippen LogP contribution in [-0.2, 0) is 0 Å². The predicted octanol–water partition coefficient (Wildman–Crippen LogP) is 3.82. The van der Waals surface area contributed by atoms with E-state index in [0.717, 1.165) is 19.4 Å². The van der Waals surface area contributed by atoms with Gasteiger partial charge in [0.05, 0.1) is 16.1 Å². The average Bonchev–Trinajstić information content (AvgIpc) is 3.46. The van der Waals surface area contributed by atoms with E-state index in [2.05, 4.69) is 53.9 Å². The van der Waals surface area contributed by atoms with Gasteiger partial charge in [-0.3, -0.25) is 4.79 Å². The number of aliphatic hydroxyl groups excluding tert-OH is 1. The third-order valence-corrected chi connectivity index (χ3v) is 8.82. The van der Waals surface area contributed by atoms with Gasteiger partial charge in [-0.15, -0.1) is 0 Å². The van der Waals surface area contributed by atoms with Crippen LogP contribution >= 0.6 is 11.6 Å². The number of nitrogens with one attached hydrogen (secondary N) is 1. The van der Waals surface area contributed by atoms with Gasteiger partial charge < -0.3 is 20.1 Å². The van der Waals surface area contributed by atoms with Crippen LogP contribution in [0.4, 0.5) is 5.95 Å². The van der Waals surface area contributed by atoms with E-state index in [0.29, 0.717) is 45.7 Å². The minimum atomic E-state index is -0.349. The van der Waals surface area contributed by atoms with Gasteiger partial charge in [0.2, 0.25) is 5.95 Å². The molecule has 2 aliphatic carbocycles. The summed E-state index contributed by atoms with van der Waals surface area (Å²) in [5.41, 5.74) is 0.129. The second-order valence-corrected chi connectivity index (χ2v) is 12.0. The second-order valence-electron chi connectivity index (χ2n) is 11.6. The van der Waals surface area contributed by atoms with E-state index < -0.39 is 0 Å². The Morgan fingerprint density at radius 2 is 1.94 bits per heavy atom. The molecule has 8 nitrogen and oxygen atoms in total. The van der Waals surface area contributed by atoms with E-state index in [-0.39, 0.29) is 35.5 Å². The van der Waals surface area contributed by atoms with Gasteiger partial charge in [-0.25, -0.2) is 9.97 Å². The van der Waals surface area contributed by atoms with Gasteiger partial charge >= 0.3 is 0 Å². The topological polar surface area (TPSA) is 111 Å². The average molecular weight is 510 g/mol. The van der Waals surface area contributed by atoms with Crippen LogP contribution in [-0.4, -0.2) is 52.3 Å². The van der Waals surface area contributed by atoms with Crippen LogP contribution in [0, 0.1) is 34.0 Å². The van der Waals surface area contributed by atoms with Gasteiger partial charge in [-0.2, -0.15) is 5.26 Å². The number of nitriles is 1. The lowest BCUT2D eigenvalue weighted by molar-refractivity contribution is -0.164. The van der Waals surface area contributed by atoms with Crippen LogP contribution in [0.3, 0.4) is 0 Å². The number of hydrogen-bond acceptors (Lipinski definition) is 7. The Hall–Kier alpha value is -2.89. The van der Waals surface area contributed by atoms with Crippen molar-refractivity contribution in [1.29, 1.82) is 5.26 Å². The zero-order valence-electron chi connectivity index (χ0n) is 21.0. The lowest BCUT2D eigenvalue weighted by Gasteiger charge is -2.63. The van der Waals surface area contributed by atoms with Crippen molar-refractivity contribution in [2.45, 2.75) is 58.7 Å². The molecule has 1 aromatic heterocycles. The minimum absolute atomic E-state index is 0.138. The summed E-state index contributed by atoms with van der Waals surface area (Å²) in [7, 11) is 0. The van der Waals surface area contributed by atoms with Crippen molar-refractivity contribution in [2.24, 2.45) is 22.7 Å². The summed E-state index contributed by atoms with van der Waals surface area (Å²) in [6.07, 6.45) is 5.06. The molecule has 2 bridgehead atoms. The highest BCUT2D eigenvalue weighted by molar-refractivity contribution is 6.31. The largest absolute Gasteiger partial charge is 0.489 e. The maximum absolute atomic E-state index is 13.1. The van der Waals surface area contributed by atoms with Gasteiger partial charge in [-0.05, 0) is 36.8 Å². The summed E-state index contributed by atoms with van der Waals surface area (Å²) >= 11 is 6.18. The molecule has 5 rings (SSSR count). The Morgan fingerprint density at radius 3 is 2.50 bits per heavy atom. The van der Waals surface area contributed by atoms with Crippen LogP contribution in [0.5, 0.6) is 5.75 Å². The Labute approximate surface area is 216 Å². The fourth-order valence-electron chi connectivity index (χ4n) is 6.93. The molecular weight excluding hydrogens is 478 g/mol. The SMILES string of the molecule is CC1(C)[C@H](NC(=O)c2cnc(N3C[C@H]4C[C@@H]3CC4CO)nc2)C(C)(C)[C@H]1Oc1ccc(C#N)c(Cl)c1. The van der Waals surface area contributed by atoms with Gasteiger partial charge in [0.15, 0.2) is 0 Å². The zero-order valence-corrected chi connectivity index (χ0v) is 21.8. The van der Waals surface area contributed by atoms with E-state index in [4.69, 9.17) is 21.6 Å². The molecule has 2 heterocycles. The number of benzene rings is 1. The third-order valence-electron chi connectivity index (χ3n) is 8.51. The standard InChI is InChI=1S/C27H32ClN5O3/c1-26(2)23(27(3,4)24(26)36-20-6-5-15(10-29)21(28)9-20)32-22(35)18-11-30-25(31-12-18)33-13-16-7-19(33)8-17(16)14-34/h5-6,9,11-12,16-17,19,23-24,34H,7-8,13-14H2,1-4H3,(H,32,35)/t16-,17?,19-,23-,24-/m1/s1. The van der Waals surface area contributed by atoms with Crippen molar-refractivity contribution < 1.29 is 14.6 Å². The fourth-order valence-corrected chi connectivity index (χ4v) is 7.14. The Balaban J connectivity index is 1.24. The van der Waals surface area contributed by atoms with Crippen molar-refractivity contribution in [3.8, 4) is 11.8 Å². The van der Waals surface area contributed by atoms with Crippen molar-refractivity contribution in [3.63, 3.8) is 0 Å². The third kappa shape index (κ3) is 3.99. The number of carbonyl (C=O) groups excluding carboxylic acids is 1. The number of amides is 1. The Morgan fingerprint density at radius 1 is 1.25 bits per heavy atom. The monoisotopic (exact) mass is 509 g/mol. The molecule has 2 aromatic rings. The highest BCUT2D eigenvalue weighted by Gasteiger charge is 2.64. The number of anilines is 1. The summed E-state index contributed by atoms with van der Waals surface area (Å²) in [5, 5.41) is 22.2. The molecule has 1 amide bonds. The number of nitrogens with zero attached hydrogens (tertiary/aromatic N) is 4. The molecule has 3 atom stereocenters. The number of halogens is 1. The molecule has 0 radical (unpaired) electrons. The Bertz CT molecular complexity index is 1190. The minimum Gasteiger partial charge on any atom is -0.489 e. The van der Waals surface area contributed by atoms with Gasteiger partial charge in [0.1, 0.15) is 17.9 Å². The van der Waals surface area contributed by atoms with Crippen LogP contribution < -0.4 is 15.0 Å². The highest BCUT2D eigenvalue weighted by atomic mass is 35.5. The summed E-state index contributed by atoms with van der Waals surface area (Å²) < 4.78 is 6.30. The molecule has 3 aliphatic rings. The molecular formula is C27H32ClN5O3. The van der Waals surface area contributed by atoms with E-state index in [1.54, 1.807) is 30.6 Å². The first kappa shape index (κ1) is 24.8. The predicted molar refractivity (Wildman–Crippen MR) is 136 cm³/mol. The molecule has 1 aliphatic heterocycles. The first-order valence-electron chi connectivity index (χ1n) is 12.4. The van der Waals surface area contributed by atoms with E-state index in [1.807, 2.05) is 0 Å². The molecule has 3 fully saturated rings. The molecule has 9 heteroatoms. The zero-order chi connectivity index (χ0) is 25.8. The van der Waals surface area contributed by atoms with Crippen molar-refractivity contribution >= 4 is 23.5 Å². The van der Waals surface area contributed by atoms with E-state index in [1.165, 1.54) is 0 Å². The summed E-state index contributed by atoms with van der Waals surface area (Å²) in [6.45, 7) is 9.39. The lowest BCUT2D eigenvalue weighted by Crippen LogP contribution is -2.74. The quantitative estimate of drug-likeness (QED) is 0.608. The maximum Gasteiger partial charge on any atom is 0.254 e. The highest BCUT2D eigenvalue weighted by Crippen LogP contribution is 2.55. The number of ether oxygens (including phenoxy) is 1. The van der Waals surface area contributed by atoms with Gasteiger partial charge in [0, 0.05) is 54.5 Å². The normalized spacial score (nSPS) is 29.4. The van der Waals surface area contributed by atoms with Crippen molar-refractivity contribution in [3.05, 3.63) is 46.7 Å². The number of aliphatic hydroxyl groups is 1. The molecule has 1 unspecified atom stereocenters. The maximum atomic E-state index is 13.1. The second kappa shape index (κ2) is 8.89.